The van der Waals surface area contributed by atoms with Crippen LogP contribution in [0.4, 0.5) is 0 Å². The van der Waals surface area contributed by atoms with Crippen molar-refractivity contribution in [3.05, 3.63) is 23.8 Å². The highest BCUT2D eigenvalue weighted by molar-refractivity contribution is 14.0. The van der Waals surface area contributed by atoms with Crippen molar-refractivity contribution >= 4 is 29.9 Å². The average Bonchev–Trinajstić information content (AvgIpc) is 2.54. The van der Waals surface area contributed by atoms with Gasteiger partial charge in [-0.05, 0) is 31.0 Å². The minimum absolute atomic E-state index is 0. The van der Waals surface area contributed by atoms with Gasteiger partial charge in [-0.2, -0.15) is 0 Å². The van der Waals surface area contributed by atoms with Gasteiger partial charge in [0.15, 0.2) is 17.5 Å². The molecule has 0 spiro atoms. The molecule has 3 N–H and O–H groups in total. The number of benzene rings is 1. The maximum atomic E-state index is 5.87. The first-order valence-corrected chi connectivity index (χ1v) is 8.04. The van der Waals surface area contributed by atoms with Crippen molar-refractivity contribution in [3.8, 4) is 11.5 Å². The highest BCUT2D eigenvalue weighted by Crippen LogP contribution is 2.28. The second-order valence-corrected chi connectivity index (χ2v) is 5.11. The molecule has 23 heavy (non-hydrogen) atoms. The summed E-state index contributed by atoms with van der Waals surface area (Å²) < 4.78 is 10.8. The highest BCUT2D eigenvalue weighted by atomic mass is 127. The second-order valence-electron chi connectivity index (χ2n) is 5.11. The zero-order chi connectivity index (χ0) is 16.2. The number of nitrogens with two attached hydrogens (primary N) is 1. The smallest absolute Gasteiger partial charge is 0.188 e. The number of nitrogens with zero attached hydrogens (tertiary/aromatic N) is 1. The van der Waals surface area contributed by atoms with E-state index in [4.69, 9.17) is 15.2 Å². The molecule has 0 fully saturated rings. The lowest BCUT2D eigenvalue weighted by Crippen LogP contribution is -2.32. The van der Waals surface area contributed by atoms with Gasteiger partial charge in [0, 0.05) is 6.54 Å². The van der Waals surface area contributed by atoms with Crippen LogP contribution < -0.4 is 20.5 Å². The third-order valence-corrected chi connectivity index (χ3v) is 3.30. The fourth-order valence-corrected chi connectivity index (χ4v) is 2.09. The Hall–Kier alpha value is -1.18. The number of nitrogens with one attached hydrogen (secondary N) is 1. The minimum Gasteiger partial charge on any atom is -0.493 e. The number of rotatable bonds is 10. The molecule has 0 aliphatic carbocycles. The number of unbranched alkanes of at least 4 members (excludes halogenated alkanes) is 3. The van der Waals surface area contributed by atoms with Crippen LogP contribution in [0.15, 0.2) is 23.2 Å². The number of aliphatic imine (C=N–C) groups is 1. The van der Waals surface area contributed by atoms with Crippen LogP contribution in [-0.4, -0.2) is 26.2 Å². The summed E-state index contributed by atoms with van der Waals surface area (Å²) >= 11 is 0. The zero-order valence-corrected chi connectivity index (χ0v) is 16.8. The fraction of sp³-hybridized carbons (Fsp3) is 0.588. The predicted molar refractivity (Wildman–Crippen MR) is 107 cm³/mol. The van der Waals surface area contributed by atoms with Gasteiger partial charge >= 0.3 is 0 Å². The van der Waals surface area contributed by atoms with Crippen LogP contribution in [0.25, 0.3) is 0 Å². The van der Waals surface area contributed by atoms with E-state index in [-0.39, 0.29) is 24.0 Å². The Morgan fingerprint density at radius 2 is 1.96 bits per heavy atom. The van der Waals surface area contributed by atoms with Crippen LogP contribution in [0.5, 0.6) is 11.5 Å². The van der Waals surface area contributed by atoms with Crippen LogP contribution in [0.2, 0.25) is 0 Å². The Bertz CT molecular complexity index is 467. The number of methoxy groups -OCH3 is 1. The van der Waals surface area contributed by atoms with Crippen LogP contribution in [0.1, 0.15) is 45.1 Å². The Balaban J connectivity index is 0.00000484. The number of halogens is 1. The lowest BCUT2D eigenvalue weighted by molar-refractivity contribution is 0.310. The number of guanidine groups is 1. The first-order chi connectivity index (χ1) is 10.7. The van der Waals surface area contributed by atoms with E-state index >= 15 is 0 Å². The van der Waals surface area contributed by atoms with Gasteiger partial charge in [0.1, 0.15) is 0 Å². The van der Waals surface area contributed by atoms with Crippen molar-refractivity contribution < 1.29 is 9.47 Å². The van der Waals surface area contributed by atoms with E-state index in [2.05, 4.69) is 17.2 Å². The van der Waals surface area contributed by atoms with Gasteiger partial charge in [0.2, 0.25) is 0 Å². The Labute approximate surface area is 157 Å². The minimum atomic E-state index is 0. The molecule has 6 heteroatoms. The zero-order valence-electron chi connectivity index (χ0n) is 14.4. The van der Waals surface area contributed by atoms with Crippen molar-refractivity contribution in [1.82, 2.24) is 5.32 Å². The molecule has 0 aromatic heterocycles. The Kier molecular flexibility index (Phi) is 12.6. The SMILES string of the molecule is CCCCCCNC(N)=NCc1ccc(OCC)c(OC)c1.I. The largest absolute Gasteiger partial charge is 0.493 e. The van der Waals surface area contributed by atoms with E-state index in [1.54, 1.807) is 7.11 Å². The van der Waals surface area contributed by atoms with Crippen LogP contribution in [-0.2, 0) is 6.54 Å². The average molecular weight is 435 g/mol. The summed E-state index contributed by atoms with van der Waals surface area (Å²) in [5.74, 6) is 1.96. The quantitative estimate of drug-likeness (QED) is 0.255. The summed E-state index contributed by atoms with van der Waals surface area (Å²) in [4.78, 5) is 4.35. The summed E-state index contributed by atoms with van der Waals surface area (Å²) in [6.07, 6.45) is 4.86. The van der Waals surface area contributed by atoms with Gasteiger partial charge in [-0.1, -0.05) is 32.3 Å². The summed E-state index contributed by atoms with van der Waals surface area (Å²) in [6.45, 7) is 6.17. The summed E-state index contributed by atoms with van der Waals surface area (Å²) in [7, 11) is 1.64. The molecule has 1 aromatic rings. The van der Waals surface area contributed by atoms with Gasteiger partial charge < -0.3 is 20.5 Å². The van der Waals surface area contributed by atoms with Gasteiger partial charge in [0.05, 0.1) is 20.3 Å². The molecule has 0 bridgehead atoms. The molecule has 0 unspecified atom stereocenters. The van der Waals surface area contributed by atoms with E-state index in [0.29, 0.717) is 19.1 Å². The van der Waals surface area contributed by atoms with E-state index in [1.807, 2.05) is 25.1 Å². The van der Waals surface area contributed by atoms with Crippen molar-refractivity contribution in [2.75, 3.05) is 20.3 Å². The molecule has 0 saturated heterocycles. The molecule has 1 aromatic carbocycles. The van der Waals surface area contributed by atoms with Gasteiger partial charge in [0.25, 0.3) is 0 Å². The van der Waals surface area contributed by atoms with Gasteiger partial charge in [-0.3, -0.25) is 0 Å². The summed E-state index contributed by atoms with van der Waals surface area (Å²) in [6, 6.07) is 5.82. The van der Waals surface area contributed by atoms with Crippen LogP contribution in [0.3, 0.4) is 0 Å². The fourth-order valence-electron chi connectivity index (χ4n) is 2.09. The Morgan fingerprint density at radius 3 is 2.61 bits per heavy atom. The number of hydrogen-bond donors (Lipinski definition) is 2. The molecule has 0 amide bonds. The van der Waals surface area contributed by atoms with Crippen molar-refractivity contribution in [1.29, 1.82) is 0 Å². The first-order valence-electron chi connectivity index (χ1n) is 8.04. The van der Waals surface area contributed by atoms with E-state index < -0.39 is 0 Å². The van der Waals surface area contributed by atoms with E-state index in [0.717, 1.165) is 30.0 Å². The lowest BCUT2D eigenvalue weighted by Gasteiger charge is -2.10. The molecular weight excluding hydrogens is 405 g/mol. The maximum absolute atomic E-state index is 5.87. The molecule has 0 aliphatic rings. The van der Waals surface area contributed by atoms with Gasteiger partial charge in [-0.25, -0.2) is 4.99 Å². The van der Waals surface area contributed by atoms with Crippen LogP contribution in [0, 0.1) is 0 Å². The molecule has 5 nitrogen and oxygen atoms in total. The third-order valence-electron chi connectivity index (χ3n) is 3.30. The molecule has 0 saturated carbocycles. The monoisotopic (exact) mass is 435 g/mol. The molecule has 0 heterocycles. The molecule has 0 radical (unpaired) electrons. The molecule has 1 rings (SSSR count). The van der Waals surface area contributed by atoms with Crippen molar-refractivity contribution in [3.63, 3.8) is 0 Å². The topological polar surface area (TPSA) is 68.9 Å². The highest BCUT2D eigenvalue weighted by Gasteiger charge is 2.05. The second kappa shape index (κ2) is 13.3. The van der Waals surface area contributed by atoms with Crippen molar-refractivity contribution in [2.45, 2.75) is 46.1 Å². The molecule has 132 valence electrons. The Morgan fingerprint density at radius 1 is 1.17 bits per heavy atom. The molecule has 0 aliphatic heterocycles. The normalized spacial score (nSPS) is 10.8. The first kappa shape index (κ1) is 21.8. The number of hydrogen-bond acceptors (Lipinski definition) is 3. The standard InChI is InChI=1S/C17H29N3O2.HI/c1-4-6-7-8-11-19-17(18)20-13-14-9-10-15(22-5-2)16(12-14)21-3;/h9-10,12H,4-8,11,13H2,1-3H3,(H3,18,19,20);1H. The lowest BCUT2D eigenvalue weighted by atomic mass is 10.2. The number of ether oxygens (including phenoxy) is 2. The third kappa shape index (κ3) is 8.88. The van der Waals surface area contributed by atoms with Crippen LogP contribution >= 0.6 is 24.0 Å². The maximum Gasteiger partial charge on any atom is 0.188 e. The molecule has 0 atom stereocenters. The predicted octanol–water partition coefficient (Wildman–Crippen LogP) is 3.70. The summed E-state index contributed by atoms with van der Waals surface area (Å²) in [5.41, 5.74) is 6.91. The van der Waals surface area contributed by atoms with Crippen molar-refractivity contribution in [2.24, 2.45) is 10.7 Å². The van der Waals surface area contributed by atoms with E-state index in [9.17, 15) is 0 Å². The van der Waals surface area contributed by atoms with E-state index in [1.165, 1.54) is 19.3 Å². The molecular formula is C17H30IN3O2. The van der Waals surface area contributed by atoms with Gasteiger partial charge in [-0.15, -0.1) is 24.0 Å². The summed E-state index contributed by atoms with van der Waals surface area (Å²) in [5, 5.41) is 3.14.